The lowest BCUT2D eigenvalue weighted by atomic mass is 10.1. The van der Waals surface area contributed by atoms with Crippen molar-refractivity contribution in [1.82, 2.24) is 0 Å². The van der Waals surface area contributed by atoms with E-state index >= 15 is 0 Å². The van der Waals surface area contributed by atoms with Crippen molar-refractivity contribution in [3.05, 3.63) is 39.2 Å². The minimum Gasteiger partial charge on any atom is -0.465 e. The Hall–Kier alpha value is -1.97. The highest BCUT2D eigenvalue weighted by Gasteiger charge is 2.22. The SMILES string of the molecule is CCc1c(C)sc(NC(=S)Nc2ccc(OC(F)F)c(Cl)c2)c1C(=O)OC. The van der Waals surface area contributed by atoms with Crippen molar-refractivity contribution in [3.8, 4) is 5.75 Å². The van der Waals surface area contributed by atoms with Crippen LogP contribution < -0.4 is 15.4 Å². The van der Waals surface area contributed by atoms with Crippen molar-refractivity contribution in [2.45, 2.75) is 26.9 Å². The van der Waals surface area contributed by atoms with Gasteiger partial charge in [0.05, 0.1) is 17.7 Å². The molecule has 0 radical (unpaired) electrons. The van der Waals surface area contributed by atoms with E-state index in [9.17, 15) is 13.6 Å². The van der Waals surface area contributed by atoms with E-state index in [2.05, 4.69) is 15.4 Å². The van der Waals surface area contributed by atoms with E-state index in [0.29, 0.717) is 22.7 Å². The lowest BCUT2D eigenvalue weighted by Crippen LogP contribution is -2.20. The monoisotopic (exact) mass is 434 g/mol. The minimum atomic E-state index is -2.96. The molecule has 1 aromatic carbocycles. The van der Waals surface area contributed by atoms with Crippen molar-refractivity contribution in [3.63, 3.8) is 0 Å². The highest BCUT2D eigenvalue weighted by atomic mass is 35.5. The summed E-state index contributed by atoms with van der Waals surface area (Å²) < 4.78 is 33.7. The topological polar surface area (TPSA) is 59.6 Å². The van der Waals surface area contributed by atoms with Crippen LogP contribution in [0.25, 0.3) is 0 Å². The summed E-state index contributed by atoms with van der Waals surface area (Å²) >= 11 is 12.6. The fourth-order valence-corrected chi connectivity index (χ4v) is 4.09. The zero-order valence-corrected chi connectivity index (χ0v) is 17.1. The maximum absolute atomic E-state index is 12.3. The summed E-state index contributed by atoms with van der Waals surface area (Å²) in [5, 5.41) is 6.66. The van der Waals surface area contributed by atoms with Gasteiger partial charge in [-0.05, 0) is 49.3 Å². The predicted molar refractivity (Wildman–Crippen MR) is 108 cm³/mol. The van der Waals surface area contributed by atoms with Gasteiger partial charge >= 0.3 is 12.6 Å². The largest absolute Gasteiger partial charge is 0.465 e. The molecule has 2 aromatic rings. The molecule has 10 heteroatoms. The van der Waals surface area contributed by atoms with Crippen molar-refractivity contribution in [2.75, 3.05) is 17.7 Å². The van der Waals surface area contributed by atoms with Crippen LogP contribution in [0.1, 0.15) is 27.7 Å². The molecule has 1 aromatic heterocycles. The number of methoxy groups -OCH3 is 1. The number of thiocarbonyl (C=S) groups is 1. The van der Waals surface area contributed by atoms with Crippen molar-refractivity contribution < 1.29 is 23.0 Å². The lowest BCUT2D eigenvalue weighted by molar-refractivity contribution is -0.0497. The maximum atomic E-state index is 12.3. The Bertz CT molecular complexity index is 859. The number of carbonyl (C=O) groups is 1. The highest BCUT2D eigenvalue weighted by molar-refractivity contribution is 7.80. The number of hydrogen-bond donors (Lipinski definition) is 2. The third-order valence-electron chi connectivity index (χ3n) is 3.58. The van der Waals surface area contributed by atoms with E-state index in [0.717, 1.165) is 10.4 Å². The summed E-state index contributed by atoms with van der Waals surface area (Å²) in [5.41, 5.74) is 1.82. The van der Waals surface area contributed by atoms with Gasteiger partial charge in [-0.3, -0.25) is 0 Å². The third kappa shape index (κ3) is 5.27. The summed E-state index contributed by atoms with van der Waals surface area (Å²) in [6, 6.07) is 4.21. The van der Waals surface area contributed by atoms with E-state index < -0.39 is 12.6 Å². The van der Waals surface area contributed by atoms with Crippen LogP contribution in [0.4, 0.5) is 19.5 Å². The summed E-state index contributed by atoms with van der Waals surface area (Å²) in [6.07, 6.45) is 0.676. The second-order valence-corrected chi connectivity index (χ2v) is 7.33. The Morgan fingerprint density at radius 2 is 2.07 bits per heavy atom. The number of ether oxygens (including phenoxy) is 2. The van der Waals surface area contributed by atoms with Gasteiger partial charge in [0, 0.05) is 10.6 Å². The van der Waals surface area contributed by atoms with Gasteiger partial charge in [0.2, 0.25) is 0 Å². The first-order valence-electron chi connectivity index (χ1n) is 7.79. The first kappa shape index (κ1) is 21.3. The number of esters is 1. The Kier molecular flexibility index (Phi) is 7.34. The van der Waals surface area contributed by atoms with Crippen molar-refractivity contribution >= 4 is 56.9 Å². The molecule has 0 atom stereocenters. The quantitative estimate of drug-likeness (QED) is 0.464. The summed E-state index contributed by atoms with van der Waals surface area (Å²) in [4.78, 5) is 13.1. The van der Waals surface area contributed by atoms with E-state index in [4.69, 9.17) is 28.6 Å². The second-order valence-electron chi connectivity index (χ2n) is 5.29. The number of anilines is 2. The number of halogens is 3. The number of alkyl halides is 2. The molecule has 0 saturated carbocycles. The molecule has 2 N–H and O–H groups in total. The number of thiophene rings is 1. The molecular formula is C17H17ClF2N2O3S2. The van der Waals surface area contributed by atoms with Gasteiger partial charge in [-0.2, -0.15) is 8.78 Å². The lowest BCUT2D eigenvalue weighted by Gasteiger charge is -2.12. The van der Waals surface area contributed by atoms with Crippen molar-refractivity contribution in [1.29, 1.82) is 0 Å². The fraction of sp³-hybridized carbons (Fsp3) is 0.294. The molecule has 0 bridgehead atoms. The highest BCUT2D eigenvalue weighted by Crippen LogP contribution is 2.34. The molecule has 5 nitrogen and oxygen atoms in total. The normalized spacial score (nSPS) is 10.6. The van der Waals surface area contributed by atoms with Crippen LogP contribution in [0.15, 0.2) is 18.2 Å². The molecule has 0 unspecified atom stereocenters. The number of hydrogen-bond acceptors (Lipinski definition) is 5. The molecule has 0 fully saturated rings. The zero-order chi connectivity index (χ0) is 20.1. The summed E-state index contributed by atoms with van der Waals surface area (Å²) in [7, 11) is 1.32. The van der Waals surface area contributed by atoms with Crippen LogP contribution in [0.2, 0.25) is 5.02 Å². The van der Waals surface area contributed by atoms with E-state index in [1.807, 2.05) is 13.8 Å². The molecule has 0 aliphatic heterocycles. The Labute approximate surface area is 169 Å². The molecule has 0 aliphatic rings. The number of nitrogens with one attached hydrogen (secondary N) is 2. The molecule has 0 spiro atoms. The van der Waals surface area contributed by atoms with Gasteiger partial charge in [0.25, 0.3) is 0 Å². The molecule has 0 aliphatic carbocycles. The molecular weight excluding hydrogens is 418 g/mol. The van der Waals surface area contributed by atoms with Crippen LogP contribution in [-0.4, -0.2) is 24.8 Å². The Morgan fingerprint density at radius 3 is 2.63 bits per heavy atom. The summed E-state index contributed by atoms with van der Waals surface area (Å²) in [5.74, 6) is -0.580. The smallest absolute Gasteiger partial charge is 0.387 e. The van der Waals surface area contributed by atoms with Crippen molar-refractivity contribution in [2.24, 2.45) is 0 Å². The summed E-state index contributed by atoms with van der Waals surface area (Å²) in [6.45, 7) is 0.905. The van der Waals surface area contributed by atoms with Crippen LogP contribution >= 0.6 is 35.2 Å². The average Bonchev–Trinajstić information content (AvgIpc) is 2.91. The average molecular weight is 435 g/mol. The second kappa shape index (κ2) is 9.29. The minimum absolute atomic E-state index is 0.0126. The van der Waals surface area contributed by atoms with Gasteiger partial charge in [-0.25, -0.2) is 4.79 Å². The first-order valence-corrected chi connectivity index (χ1v) is 9.40. The van der Waals surface area contributed by atoms with Gasteiger partial charge in [0.15, 0.2) is 5.11 Å². The standard InChI is InChI=1S/C17H17ClF2N2O3S2/c1-4-10-8(2)27-14(13(10)15(23)24-3)22-17(26)21-9-5-6-12(11(18)7-9)25-16(19)20/h5-7,16H,4H2,1-3H3,(H2,21,22,26). The molecule has 2 rings (SSSR count). The Morgan fingerprint density at radius 1 is 1.37 bits per heavy atom. The number of carbonyl (C=O) groups excluding carboxylic acids is 1. The fourth-order valence-electron chi connectivity index (χ4n) is 2.45. The van der Waals surface area contributed by atoms with Gasteiger partial charge in [-0.1, -0.05) is 18.5 Å². The van der Waals surface area contributed by atoms with Crippen LogP contribution in [0, 0.1) is 6.92 Å². The van der Waals surface area contributed by atoms with Crippen LogP contribution in [0.3, 0.4) is 0 Å². The molecule has 146 valence electrons. The van der Waals surface area contributed by atoms with E-state index in [1.165, 1.54) is 36.6 Å². The Balaban J connectivity index is 2.17. The van der Waals surface area contributed by atoms with Crippen LogP contribution in [0.5, 0.6) is 5.75 Å². The van der Waals surface area contributed by atoms with E-state index in [1.54, 1.807) is 0 Å². The third-order valence-corrected chi connectivity index (χ3v) is 5.15. The molecule has 27 heavy (non-hydrogen) atoms. The van der Waals surface area contributed by atoms with Gasteiger partial charge in [-0.15, -0.1) is 11.3 Å². The molecule has 0 amide bonds. The number of rotatable bonds is 6. The molecule has 1 heterocycles. The molecule has 0 saturated heterocycles. The maximum Gasteiger partial charge on any atom is 0.387 e. The zero-order valence-electron chi connectivity index (χ0n) is 14.7. The first-order chi connectivity index (χ1) is 12.8. The number of aryl methyl sites for hydroxylation is 1. The van der Waals surface area contributed by atoms with Gasteiger partial charge in [0.1, 0.15) is 10.8 Å². The predicted octanol–water partition coefficient (Wildman–Crippen LogP) is 5.47. The number of benzene rings is 1. The van der Waals surface area contributed by atoms with Crippen LogP contribution in [-0.2, 0) is 11.2 Å². The van der Waals surface area contributed by atoms with Gasteiger partial charge < -0.3 is 20.1 Å². The van der Waals surface area contributed by atoms with E-state index in [-0.39, 0.29) is 15.9 Å².